The summed E-state index contributed by atoms with van der Waals surface area (Å²) in [5, 5.41) is 11.6. The zero-order chi connectivity index (χ0) is 22.3. The molecule has 0 aliphatic carbocycles. The van der Waals surface area contributed by atoms with Gasteiger partial charge in [-0.15, -0.1) is 0 Å². The van der Waals surface area contributed by atoms with Gasteiger partial charge in [0.15, 0.2) is 11.4 Å². The Labute approximate surface area is 184 Å². The van der Waals surface area contributed by atoms with Crippen LogP contribution in [0.15, 0.2) is 36.4 Å². The molecule has 2 aromatic carbocycles. The summed E-state index contributed by atoms with van der Waals surface area (Å²) >= 11 is 0. The molecule has 2 aliphatic heterocycles. The van der Waals surface area contributed by atoms with Gasteiger partial charge in [0, 0.05) is 23.7 Å². The first kappa shape index (κ1) is 21.7. The van der Waals surface area contributed by atoms with E-state index < -0.39 is 11.5 Å². The summed E-state index contributed by atoms with van der Waals surface area (Å²) in [5.41, 5.74) is 2.85. The number of fused-ring (bicyclic) bond motifs is 1. The van der Waals surface area contributed by atoms with Gasteiger partial charge >= 0.3 is 0 Å². The van der Waals surface area contributed by atoms with Gasteiger partial charge in [0.1, 0.15) is 0 Å². The van der Waals surface area contributed by atoms with Crippen molar-refractivity contribution in [3.63, 3.8) is 0 Å². The molecular weight excluding hydrogens is 388 g/mol. The Hall–Kier alpha value is -2.50. The maximum absolute atomic E-state index is 13.6. The first-order valence-electron chi connectivity index (χ1n) is 11.2. The fourth-order valence-electron chi connectivity index (χ4n) is 5.31. The Morgan fingerprint density at radius 1 is 1.13 bits per heavy atom. The second-order valence-corrected chi connectivity index (χ2v) is 9.28. The van der Waals surface area contributed by atoms with Crippen LogP contribution in [-0.4, -0.2) is 41.0 Å². The highest BCUT2D eigenvalue weighted by Crippen LogP contribution is 2.43. The van der Waals surface area contributed by atoms with Crippen molar-refractivity contribution in [2.24, 2.45) is 0 Å². The van der Waals surface area contributed by atoms with Crippen molar-refractivity contribution in [1.29, 1.82) is 0 Å². The molecular formula is C26H32N2O3. The largest absolute Gasteiger partial charge is 0.375 e. The molecule has 2 aromatic rings. The summed E-state index contributed by atoms with van der Waals surface area (Å²) in [6, 6.07) is 11.7. The smallest absolute Gasteiger partial charge is 0.265 e. The number of aryl methyl sites for hydroxylation is 3. The van der Waals surface area contributed by atoms with Gasteiger partial charge < -0.3 is 5.11 Å². The first-order valence-corrected chi connectivity index (χ1v) is 11.2. The van der Waals surface area contributed by atoms with E-state index in [1.54, 1.807) is 11.0 Å². The Balaban J connectivity index is 1.66. The highest BCUT2D eigenvalue weighted by Gasteiger charge is 2.51. The van der Waals surface area contributed by atoms with Crippen LogP contribution in [0.4, 0.5) is 5.69 Å². The van der Waals surface area contributed by atoms with Crippen LogP contribution in [0.5, 0.6) is 0 Å². The van der Waals surface area contributed by atoms with Gasteiger partial charge in [-0.1, -0.05) is 42.3 Å². The molecule has 1 N–H and O–H groups in total. The number of ketones is 1. The molecule has 2 atom stereocenters. The highest BCUT2D eigenvalue weighted by atomic mass is 16.3. The molecule has 164 valence electrons. The number of likely N-dealkylation sites (tertiary alicyclic amines) is 1. The van der Waals surface area contributed by atoms with E-state index in [9.17, 15) is 14.7 Å². The fourth-order valence-corrected chi connectivity index (χ4v) is 5.31. The molecule has 5 heteroatoms. The molecule has 1 fully saturated rings. The van der Waals surface area contributed by atoms with Gasteiger partial charge in [-0.3, -0.25) is 19.4 Å². The number of amides is 1. The number of para-hydroxylation sites is 1. The lowest BCUT2D eigenvalue weighted by atomic mass is 9.85. The molecule has 2 aliphatic rings. The van der Waals surface area contributed by atoms with E-state index in [0.717, 1.165) is 36.1 Å². The molecule has 0 spiro atoms. The third-order valence-corrected chi connectivity index (χ3v) is 6.88. The van der Waals surface area contributed by atoms with E-state index in [0.29, 0.717) is 29.5 Å². The average molecular weight is 421 g/mol. The van der Waals surface area contributed by atoms with Crippen LogP contribution in [0, 0.1) is 20.8 Å². The van der Waals surface area contributed by atoms with Gasteiger partial charge in [-0.05, 0) is 57.7 Å². The summed E-state index contributed by atoms with van der Waals surface area (Å²) in [5.74, 6) is -0.601. The van der Waals surface area contributed by atoms with Crippen molar-refractivity contribution in [1.82, 2.24) is 4.90 Å². The number of nitrogens with zero attached hydrogens (tertiary/aromatic N) is 2. The topological polar surface area (TPSA) is 60.9 Å². The SMILES string of the molecule is Cc1cc(C)c(C(=O)CC2(O)C(=O)N(CN3CCCCC3C)c3ccccc32)c(C)c1. The molecule has 1 saturated heterocycles. The molecule has 4 rings (SSSR count). The molecule has 1 amide bonds. The van der Waals surface area contributed by atoms with E-state index in [1.807, 2.05) is 51.1 Å². The van der Waals surface area contributed by atoms with Gasteiger partial charge in [-0.2, -0.15) is 0 Å². The van der Waals surface area contributed by atoms with Crippen molar-refractivity contribution >= 4 is 17.4 Å². The van der Waals surface area contributed by atoms with Gasteiger partial charge in [0.25, 0.3) is 5.91 Å². The maximum atomic E-state index is 13.6. The minimum absolute atomic E-state index is 0.200. The molecule has 2 unspecified atom stereocenters. The predicted octanol–water partition coefficient (Wildman–Crippen LogP) is 4.25. The minimum atomic E-state index is -1.84. The van der Waals surface area contributed by atoms with Crippen LogP contribution < -0.4 is 4.90 Å². The van der Waals surface area contributed by atoms with Crippen molar-refractivity contribution in [3.05, 3.63) is 64.2 Å². The standard InChI is InChI=1S/C26H32N2O3/c1-17-13-18(2)24(19(3)14-17)23(29)15-26(31)21-10-5-6-11-22(21)28(25(26)30)16-27-12-8-7-9-20(27)4/h5-6,10-11,13-14,20,31H,7-9,12,15-16H2,1-4H3. The van der Waals surface area contributed by atoms with Crippen LogP contribution in [0.25, 0.3) is 0 Å². The van der Waals surface area contributed by atoms with E-state index in [4.69, 9.17) is 0 Å². The van der Waals surface area contributed by atoms with Crippen LogP contribution in [0.1, 0.15) is 65.2 Å². The Kier molecular flexibility index (Phi) is 5.75. The van der Waals surface area contributed by atoms with E-state index in [-0.39, 0.29) is 12.2 Å². The number of carbonyl (C=O) groups excluding carboxylic acids is 2. The summed E-state index contributed by atoms with van der Waals surface area (Å²) in [7, 11) is 0. The molecule has 2 heterocycles. The van der Waals surface area contributed by atoms with E-state index in [2.05, 4.69) is 11.8 Å². The lowest BCUT2D eigenvalue weighted by Gasteiger charge is -2.36. The number of carbonyl (C=O) groups is 2. The molecule has 0 saturated carbocycles. The molecule has 0 bridgehead atoms. The first-order chi connectivity index (χ1) is 14.7. The van der Waals surface area contributed by atoms with Crippen molar-refractivity contribution in [2.75, 3.05) is 18.1 Å². The molecule has 5 nitrogen and oxygen atoms in total. The maximum Gasteiger partial charge on any atom is 0.265 e. The lowest BCUT2D eigenvalue weighted by Crippen LogP contribution is -2.49. The molecule has 0 radical (unpaired) electrons. The monoisotopic (exact) mass is 420 g/mol. The zero-order valence-corrected chi connectivity index (χ0v) is 18.9. The lowest BCUT2D eigenvalue weighted by molar-refractivity contribution is -0.136. The summed E-state index contributed by atoms with van der Waals surface area (Å²) in [4.78, 5) is 30.8. The summed E-state index contributed by atoms with van der Waals surface area (Å²) < 4.78 is 0. The fraction of sp³-hybridized carbons (Fsp3) is 0.462. The Morgan fingerprint density at radius 3 is 2.48 bits per heavy atom. The van der Waals surface area contributed by atoms with E-state index in [1.165, 1.54) is 6.42 Å². The number of rotatable bonds is 5. The summed E-state index contributed by atoms with van der Waals surface area (Å²) in [6.45, 7) is 9.38. The van der Waals surface area contributed by atoms with Crippen molar-refractivity contribution in [2.45, 2.75) is 65.0 Å². The summed E-state index contributed by atoms with van der Waals surface area (Å²) in [6.07, 6.45) is 3.18. The highest BCUT2D eigenvalue weighted by molar-refractivity contribution is 6.11. The Bertz CT molecular complexity index is 1010. The number of hydrogen-bond acceptors (Lipinski definition) is 4. The number of hydrogen-bond donors (Lipinski definition) is 1. The molecule has 0 aromatic heterocycles. The number of aliphatic hydroxyl groups is 1. The second-order valence-electron chi connectivity index (χ2n) is 9.28. The second kappa shape index (κ2) is 8.21. The Morgan fingerprint density at radius 2 is 1.81 bits per heavy atom. The third-order valence-electron chi connectivity index (χ3n) is 6.88. The quantitative estimate of drug-likeness (QED) is 0.735. The van der Waals surface area contributed by atoms with Gasteiger partial charge in [0.05, 0.1) is 18.8 Å². The average Bonchev–Trinajstić information content (AvgIpc) is 2.91. The predicted molar refractivity (Wildman–Crippen MR) is 122 cm³/mol. The number of Topliss-reactive ketones (excluding diaryl/α,β-unsaturated/α-hetero) is 1. The minimum Gasteiger partial charge on any atom is -0.375 e. The number of benzene rings is 2. The van der Waals surface area contributed by atoms with Crippen molar-refractivity contribution in [3.8, 4) is 0 Å². The van der Waals surface area contributed by atoms with Gasteiger partial charge in [-0.25, -0.2) is 0 Å². The third kappa shape index (κ3) is 3.81. The molecule has 31 heavy (non-hydrogen) atoms. The van der Waals surface area contributed by atoms with Crippen molar-refractivity contribution < 1.29 is 14.7 Å². The zero-order valence-electron chi connectivity index (χ0n) is 18.9. The van der Waals surface area contributed by atoms with Gasteiger partial charge in [0.2, 0.25) is 0 Å². The van der Waals surface area contributed by atoms with Crippen LogP contribution in [0.3, 0.4) is 0 Å². The normalized spacial score (nSPS) is 23.8. The van der Waals surface area contributed by atoms with E-state index >= 15 is 0 Å². The number of anilines is 1. The van der Waals surface area contributed by atoms with Crippen LogP contribution in [0.2, 0.25) is 0 Å². The van der Waals surface area contributed by atoms with Crippen LogP contribution in [-0.2, 0) is 10.4 Å². The number of piperidine rings is 1. The van der Waals surface area contributed by atoms with Crippen LogP contribution >= 0.6 is 0 Å².